The Kier molecular flexibility index (Phi) is 5.06. The van der Waals surface area contributed by atoms with E-state index < -0.39 is 0 Å². The summed E-state index contributed by atoms with van der Waals surface area (Å²) in [6, 6.07) is 3.97. The van der Waals surface area contributed by atoms with Crippen molar-refractivity contribution in [3.8, 4) is 6.07 Å². The summed E-state index contributed by atoms with van der Waals surface area (Å²) in [7, 11) is 0. The van der Waals surface area contributed by atoms with E-state index >= 15 is 0 Å². The van der Waals surface area contributed by atoms with Crippen molar-refractivity contribution in [1.82, 2.24) is 4.90 Å². The maximum Gasteiger partial charge on any atom is 0.0672 e. The van der Waals surface area contributed by atoms with Gasteiger partial charge in [-0.1, -0.05) is 26.7 Å². The van der Waals surface area contributed by atoms with Gasteiger partial charge in [0.05, 0.1) is 12.0 Å². The molecule has 0 aliphatic heterocycles. The van der Waals surface area contributed by atoms with Crippen molar-refractivity contribution in [2.24, 2.45) is 11.8 Å². The van der Waals surface area contributed by atoms with E-state index in [1.54, 1.807) is 0 Å². The highest BCUT2D eigenvalue weighted by Crippen LogP contribution is 2.39. The lowest BCUT2D eigenvalue weighted by Gasteiger charge is -2.40. The number of nitrogens with zero attached hydrogens (tertiary/aromatic N) is 2. The second-order valence-electron chi connectivity index (χ2n) is 6.24. The van der Waals surface area contributed by atoms with E-state index in [0.29, 0.717) is 12.0 Å². The molecule has 2 aliphatic rings. The quantitative estimate of drug-likeness (QED) is 0.711. The molecular formula is C16H28N2. The number of rotatable bonds is 6. The van der Waals surface area contributed by atoms with Crippen molar-refractivity contribution in [2.45, 2.75) is 77.3 Å². The summed E-state index contributed by atoms with van der Waals surface area (Å²) in [5.74, 6) is 1.17. The van der Waals surface area contributed by atoms with E-state index in [4.69, 9.17) is 0 Å². The predicted molar refractivity (Wildman–Crippen MR) is 75.2 cm³/mol. The zero-order valence-corrected chi connectivity index (χ0v) is 12.1. The molecule has 2 fully saturated rings. The fourth-order valence-electron chi connectivity index (χ4n) is 3.70. The molecule has 2 saturated carbocycles. The summed E-state index contributed by atoms with van der Waals surface area (Å²) in [5.41, 5.74) is 0. The third-order valence-electron chi connectivity index (χ3n) is 4.71. The third kappa shape index (κ3) is 3.26. The van der Waals surface area contributed by atoms with Gasteiger partial charge in [-0.05, 0) is 51.0 Å². The molecule has 0 heterocycles. The van der Waals surface area contributed by atoms with Crippen molar-refractivity contribution >= 4 is 0 Å². The fourth-order valence-corrected chi connectivity index (χ4v) is 3.70. The van der Waals surface area contributed by atoms with Crippen LogP contribution in [-0.4, -0.2) is 23.5 Å². The summed E-state index contributed by atoms with van der Waals surface area (Å²) in [5, 5.41) is 9.42. The lowest BCUT2D eigenvalue weighted by Crippen LogP contribution is -2.45. The average Bonchev–Trinajstić information content (AvgIpc) is 3.20. The predicted octanol–water partition coefficient (Wildman–Crippen LogP) is 3.97. The van der Waals surface area contributed by atoms with Crippen LogP contribution in [0.3, 0.4) is 0 Å². The smallest absolute Gasteiger partial charge is 0.0672 e. The molecule has 0 saturated heterocycles. The number of hydrogen-bond donors (Lipinski definition) is 0. The summed E-state index contributed by atoms with van der Waals surface area (Å²) in [6.07, 6.45) is 10.3. The molecule has 2 heteroatoms. The Bertz CT molecular complexity index is 290. The molecule has 18 heavy (non-hydrogen) atoms. The van der Waals surface area contributed by atoms with Crippen molar-refractivity contribution in [3.63, 3.8) is 0 Å². The zero-order valence-electron chi connectivity index (χ0n) is 12.1. The van der Waals surface area contributed by atoms with Crippen molar-refractivity contribution in [3.05, 3.63) is 0 Å². The van der Waals surface area contributed by atoms with Crippen molar-refractivity contribution in [2.75, 3.05) is 6.54 Å². The molecule has 2 aliphatic carbocycles. The highest BCUT2D eigenvalue weighted by molar-refractivity contribution is 5.01. The lowest BCUT2D eigenvalue weighted by atomic mass is 9.76. The van der Waals surface area contributed by atoms with Crippen LogP contribution in [0.15, 0.2) is 0 Å². The van der Waals surface area contributed by atoms with Gasteiger partial charge in [0.2, 0.25) is 0 Å². The monoisotopic (exact) mass is 248 g/mol. The summed E-state index contributed by atoms with van der Waals surface area (Å²) >= 11 is 0. The Hall–Kier alpha value is -0.550. The average molecular weight is 248 g/mol. The van der Waals surface area contributed by atoms with Crippen LogP contribution in [0.5, 0.6) is 0 Å². The Morgan fingerprint density at radius 2 is 1.89 bits per heavy atom. The van der Waals surface area contributed by atoms with Gasteiger partial charge in [0, 0.05) is 12.1 Å². The molecule has 0 N–H and O–H groups in total. The minimum Gasteiger partial charge on any atom is -0.296 e. The molecule has 102 valence electrons. The van der Waals surface area contributed by atoms with Gasteiger partial charge in [-0.25, -0.2) is 0 Å². The van der Waals surface area contributed by atoms with E-state index in [9.17, 15) is 5.26 Å². The van der Waals surface area contributed by atoms with E-state index in [1.807, 2.05) is 0 Å². The van der Waals surface area contributed by atoms with Gasteiger partial charge >= 0.3 is 0 Å². The van der Waals surface area contributed by atoms with E-state index in [1.165, 1.54) is 51.5 Å². The van der Waals surface area contributed by atoms with Crippen LogP contribution in [0.25, 0.3) is 0 Å². The van der Waals surface area contributed by atoms with Crippen LogP contribution in [0.2, 0.25) is 0 Å². The first-order valence-electron chi connectivity index (χ1n) is 7.95. The van der Waals surface area contributed by atoms with Crippen molar-refractivity contribution < 1.29 is 0 Å². The SMILES string of the molecule is CCCC1CCC(C#N)C(N(CCC)C2CC2)C1. The standard InChI is InChI=1S/C16H28N2/c1-3-5-13-6-7-14(12-17)16(11-13)18(10-4-2)15-8-9-15/h13-16H,3-11H2,1-2H3. The maximum absolute atomic E-state index is 9.42. The minimum atomic E-state index is 0.297. The van der Waals surface area contributed by atoms with Gasteiger partial charge in [0.15, 0.2) is 0 Å². The fraction of sp³-hybridized carbons (Fsp3) is 0.938. The maximum atomic E-state index is 9.42. The van der Waals surface area contributed by atoms with Gasteiger partial charge in [0.25, 0.3) is 0 Å². The summed E-state index contributed by atoms with van der Waals surface area (Å²) < 4.78 is 0. The molecule has 0 aromatic heterocycles. The van der Waals surface area contributed by atoms with Gasteiger partial charge in [-0.2, -0.15) is 5.26 Å². The molecule has 2 nitrogen and oxygen atoms in total. The van der Waals surface area contributed by atoms with E-state index in [2.05, 4.69) is 24.8 Å². The number of nitriles is 1. The molecule has 0 amide bonds. The van der Waals surface area contributed by atoms with Crippen LogP contribution in [0.4, 0.5) is 0 Å². The molecule has 0 spiro atoms. The lowest BCUT2D eigenvalue weighted by molar-refractivity contribution is 0.0907. The van der Waals surface area contributed by atoms with Crippen LogP contribution >= 0.6 is 0 Å². The molecule has 3 unspecified atom stereocenters. The van der Waals surface area contributed by atoms with Gasteiger partial charge in [-0.3, -0.25) is 4.90 Å². The topological polar surface area (TPSA) is 27.0 Å². The van der Waals surface area contributed by atoms with Crippen LogP contribution < -0.4 is 0 Å². The normalized spacial score (nSPS) is 32.4. The van der Waals surface area contributed by atoms with Crippen molar-refractivity contribution in [1.29, 1.82) is 5.26 Å². The van der Waals surface area contributed by atoms with Gasteiger partial charge < -0.3 is 0 Å². The Labute approximate surface area is 112 Å². The molecule has 0 bridgehead atoms. The molecule has 0 radical (unpaired) electrons. The van der Waals surface area contributed by atoms with Crippen LogP contribution in [0.1, 0.15) is 65.2 Å². The Balaban J connectivity index is 2.01. The van der Waals surface area contributed by atoms with E-state index in [-0.39, 0.29) is 0 Å². The Morgan fingerprint density at radius 3 is 2.44 bits per heavy atom. The first kappa shape index (κ1) is 13.9. The summed E-state index contributed by atoms with van der Waals surface area (Å²) in [6.45, 7) is 5.76. The summed E-state index contributed by atoms with van der Waals surface area (Å²) in [4.78, 5) is 2.69. The van der Waals surface area contributed by atoms with Gasteiger partial charge in [-0.15, -0.1) is 0 Å². The molecule has 0 aromatic carbocycles. The highest BCUT2D eigenvalue weighted by atomic mass is 15.2. The second kappa shape index (κ2) is 6.57. The van der Waals surface area contributed by atoms with Gasteiger partial charge in [0.1, 0.15) is 0 Å². The minimum absolute atomic E-state index is 0.297. The molecular weight excluding hydrogens is 220 g/mol. The van der Waals surface area contributed by atoms with Crippen LogP contribution in [0, 0.1) is 23.2 Å². The first-order chi connectivity index (χ1) is 8.80. The Morgan fingerprint density at radius 1 is 1.11 bits per heavy atom. The first-order valence-corrected chi connectivity index (χ1v) is 7.95. The second-order valence-corrected chi connectivity index (χ2v) is 6.24. The molecule has 3 atom stereocenters. The molecule has 2 rings (SSSR count). The zero-order chi connectivity index (χ0) is 13.0. The third-order valence-corrected chi connectivity index (χ3v) is 4.71. The highest BCUT2D eigenvalue weighted by Gasteiger charge is 2.40. The van der Waals surface area contributed by atoms with E-state index in [0.717, 1.165) is 18.4 Å². The number of hydrogen-bond acceptors (Lipinski definition) is 2. The molecule has 0 aromatic rings. The largest absolute Gasteiger partial charge is 0.296 e. The van der Waals surface area contributed by atoms with Crippen LogP contribution in [-0.2, 0) is 0 Å².